The lowest BCUT2D eigenvalue weighted by molar-refractivity contribution is 0.0306. The van der Waals surface area contributed by atoms with Gasteiger partial charge in [0.15, 0.2) is 5.96 Å². The van der Waals surface area contributed by atoms with E-state index in [2.05, 4.69) is 48.4 Å². The molecular formula is C18H36IN5O. The van der Waals surface area contributed by atoms with Crippen molar-refractivity contribution >= 4 is 29.9 Å². The van der Waals surface area contributed by atoms with Gasteiger partial charge in [-0.1, -0.05) is 33.6 Å². The predicted molar refractivity (Wildman–Crippen MR) is 116 cm³/mol. The molecule has 0 spiro atoms. The standard InChI is InChI=1S/C18H35N5O.HI/c1-5-9-18(24,10-6-2)15-21-17(19-7-3)20-13-16(4)14-23-12-8-11-22-23;/h8,11-12,16,24H,5-7,9-10,13-15H2,1-4H3,(H2,19,20,21);1H. The van der Waals surface area contributed by atoms with Gasteiger partial charge in [0.25, 0.3) is 0 Å². The topological polar surface area (TPSA) is 74.5 Å². The minimum absolute atomic E-state index is 0. The van der Waals surface area contributed by atoms with Crippen LogP contribution in [0.5, 0.6) is 0 Å². The van der Waals surface area contributed by atoms with Crippen molar-refractivity contribution in [3.05, 3.63) is 18.5 Å². The van der Waals surface area contributed by atoms with Crippen LogP contribution in [-0.2, 0) is 6.54 Å². The predicted octanol–water partition coefficient (Wildman–Crippen LogP) is 3.02. The quantitative estimate of drug-likeness (QED) is 0.267. The summed E-state index contributed by atoms with van der Waals surface area (Å²) in [7, 11) is 0. The van der Waals surface area contributed by atoms with Crippen LogP contribution < -0.4 is 10.6 Å². The maximum Gasteiger partial charge on any atom is 0.191 e. The van der Waals surface area contributed by atoms with Gasteiger partial charge in [0, 0.05) is 32.0 Å². The minimum atomic E-state index is -0.688. The third-order valence-electron chi connectivity index (χ3n) is 3.98. The molecule has 1 heterocycles. The first-order valence-corrected chi connectivity index (χ1v) is 9.25. The first kappa shape index (κ1) is 24.2. The van der Waals surface area contributed by atoms with Crippen molar-refractivity contribution in [3.8, 4) is 0 Å². The average molecular weight is 465 g/mol. The van der Waals surface area contributed by atoms with E-state index in [0.29, 0.717) is 12.5 Å². The van der Waals surface area contributed by atoms with Crippen molar-refractivity contribution in [1.82, 2.24) is 20.4 Å². The first-order valence-electron chi connectivity index (χ1n) is 9.25. The lowest BCUT2D eigenvalue weighted by atomic mass is 9.93. The van der Waals surface area contributed by atoms with Gasteiger partial charge in [-0.05, 0) is 31.7 Å². The lowest BCUT2D eigenvalue weighted by Crippen LogP contribution is -2.42. The largest absolute Gasteiger partial charge is 0.388 e. The Labute approximate surface area is 169 Å². The smallest absolute Gasteiger partial charge is 0.191 e. The van der Waals surface area contributed by atoms with Gasteiger partial charge >= 0.3 is 0 Å². The van der Waals surface area contributed by atoms with Gasteiger partial charge < -0.3 is 15.7 Å². The van der Waals surface area contributed by atoms with E-state index in [1.54, 1.807) is 6.20 Å². The van der Waals surface area contributed by atoms with Gasteiger partial charge in [0.1, 0.15) is 0 Å². The molecule has 0 aromatic carbocycles. The fourth-order valence-corrected chi connectivity index (χ4v) is 2.85. The number of aromatic nitrogens is 2. The summed E-state index contributed by atoms with van der Waals surface area (Å²) >= 11 is 0. The summed E-state index contributed by atoms with van der Waals surface area (Å²) in [6.45, 7) is 11.4. The third-order valence-corrected chi connectivity index (χ3v) is 3.98. The lowest BCUT2D eigenvalue weighted by Gasteiger charge is -2.26. The summed E-state index contributed by atoms with van der Waals surface area (Å²) in [6.07, 6.45) is 7.30. The minimum Gasteiger partial charge on any atom is -0.388 e. The number of nitrogens with zero attached hydrogens (tertiary/aromatic N) is 3. The molecule has 0 aliphatic rings. The number of rotatable bonds is 11. The summed E-state index contributed by atoms with van der Waals surface area (Å²) in [6, 6.07) is 1.94. The number of nitrogens with one attached hydrogen (secondary N) is 2. The zero-order chi connectivity index (χ0) is 17.8. The highest BCUT2D eigenvalue weighted by Crippen LogP contribution is 2.19. The summed E-state index contributed by atoms with van der Waals surface area (Å²) < 4.78 is 1.94. The number of halogens is 1. The van der Waals surface area contributed by atoms with Crippen molar-refractivity contribution in [2.45, 2.75) is 65.5 Å². The summed E-state index contributed by atoms with van der Waals surface area (Å²) in [4.78, 5) is 4.61. The summed E-state index contributed by atoms with van der Waals surface area (Å²) in [5.74, 6) is 1.20. The van der Waals surface area contributed by atoms with Gasteiger partial charge in [-0.3, -0.25) is 9.67 Å². The number of aliphatic hydroxyl groups is 1. The molecule has 1 atom stereocenters. The highest BCUT2D eigenvalue weighted by Gasteiger charge is 2.24. The Morgan fingerprint density at radius 3 is 2.44 bits per heavy atom. The zero-order valence-corrected chi connectivity index (χ0v) is 18.5. The Hall–Kier alpha value is -0.830. The van der Waals surface area contributed by atoms with Gasteiger partial charge in [0.2, 0.25) is 0 Å². The van der Waals surface area contributed by atoms with E-state index in [1.807, 2.05) is 16.9 Å². The van der Waals surface area contributed by atoms with Crippen molar-refractivity contribution in [2.24, 2.45) is 10.9 Å². The fraction of sp³-hybridized carbons (Fsp3) is 0.778. The molecule has 3 N–H and O–H groups in total. The van der Waals surface area contributed by atoms with Crippen LogP contribution in [0.15, 0.2) is 23.5 Å². The van der Waals surface area contributed by atoms with Crippen LogP contribution in [0.25, 0.3) is 0 Å². The molecule has 146 valence electrons. The average Bonchev–Trinajstić information content (AvgIpc) is 3.03. The second-order valence-electron chi connectivity index (χ2n) is 6.63. The van der Waals surface area contributed by atoms with Crippen LogP contribution in [0, 0.1) is 5.92 Å². The molecule has 0 fully saturated rings. The van der Waals surface area contributed by atoms with E-state index in [-0.39, 0.29) is 24.0 Å². The van der Waals surface area contributed by atoms with E-state index in [1.165, 1.54) is 0 Å². The molecule has 0 aliphatic carbocycles. The Bertz CT molecular complexity index is 458. The highest BCUT2D eigenvalue weighted by atomic mass is 127. The zero-order valence-electron chi connectivity index (χ0n) is 16.2. The molecule has 0 saturated carbocycles. The second-order valence-corrected chi connectivity index (χ2v) is 6.63. The van der Waals surface area contributed by atoms with Crippen LogP contribution in [0.1, 0.15) is 53.4 Å². The number of hydrogen-bond donors (Lipinski definition) is 3. The van der Waals surface area contributed by atoms with Crippen molar-refractivity contribution in [2.75, 3.05) is 19.6 Å². The molecule has 7 heteroatoms. The van der Waals surface area contributed by atoms with Crippen LogP contribution in [0.4, 0.5) is 0 Å². The maximum absolute atomic E-state index is 10.7. The number of aliphatic imine (C=N–C) groups is 1. The second kappa shape index (κ2) is 13.4. The first-order chi connectivity index (χ1) is 11.5. The number of guanidine groups is 1. The third kappa shape index (κ3) is 10.0. The monoisotopic (exact) mass is 465 g/mol. The Kier molecular flexibility index (Phi) is 12.9. The molecule has 0 radical (unpaired) electrons. The maximum atomic E-state index is 10.7. The summed E-state index contributed by atoms with van der Waals surface area (Å²) in [5, 5.41) is 21.6. The van der Waals surface area contributed by atoms with E-state index in [4.69, 9.17) is 0 Å². The van der Waals surface area contributed by atoms with Crippen LogP contribution >= 0.6 is 24.0 Å². The van der Waals surface area contributed by atoms with Gasteiger partial charge in [-0.25, -0.2) is 0 Å². The van der Waals surface area contributed by atoms with Gasteiger partial charge in [-0.2, -0.15) is 5.10 Å². The molecule has 1 aromatic rings. The highest BCUT2D eigenvalue weighted by molar-refractivity contribution is 14.0. The molecule has 0 aliphatic heterocycles. The molecule has 25 heavy (non-hydrogen) atoms. The van der Waals surface area contributed by atoms with Crippen molar-refractivity contribution in [3.63, 3.8) is 0 Å². The Balaban J connectivity index is 0.00000576. The summed E-state index contributed by atoms with van der Waals surface area (Å²) in [5.41, 5.74) is -0.688. The normalized spacial score (nSPS) is 13.2. The number of hydrogen-bond acceptors (Lipinski definition) is 3. The molecule has 1 aromatic heterocycles. The van der Waals surface area contributed by atoms with Crippen LogP contribution in [-0.4, -0.2) is 46.1 Å². The van der Waals surface area contributed by atoms with Gasteiger partial charge in [0.05, 0.1) is 12.1 Å². The molecular weight excluding hydrogens is 429 g/mol. The van der Waals surface area contributed by atoms with Crippen LogP contribution in [0.2, 0.25) is 0 Å². The fourth-order valence-electron chi connectivity index (χ4n) is 2.85. The van der Waals surface area contributed by atoms with Crippen molar-refractivity contribution < 1.29 is 5.11 Å². The Morgan fingerprint density at radius 2 is 1.92 bits per heavy atom. The molecule has 6 nitrogen and oxygen atoms in total. The van der Waals surface area contributed by atoms with E-state index < -0.39 is 5.60 Å². The SMILES string of the molecule is CCCC(O)(CCC)CN=C(NCC)NCC(C)Cn1cccn1.I. The van der Waals surface area contributed by atoms with Crippen molar-refractivity contribution in [1.29, 1.82) is 0 Å². The molecule has 1 rings (SSSR count). The van der Waals surface area contributed by atoms with E-state index in [9.17, 15) is 5.11 Å². The van der Waals surface area contributed by atoms with Crippen LogP contribution in [0.3, 0.4) is 0 Å². The molecule has 0 bridgehead atoms. The molecule has 0 amide bonds. The Morgan fingerprint density at radius 1 is 1.24 bits per heavy atom. The molecule has 0 saturated heterocycles. The molecule has 1 unspecified atom stereocenters. The van der Waals surface area contributed by atoms with Gasteiger partial charge in [-0.15, -0.1) is 24.0 Å². The van der Waals surface area contributed by atoms with E-state index in [0.717, 1.165) is 51.3 Å². The van der Waals surface area contributed by atoms with E-state index >= 15 is 0 Å².